The van der Waals surface area contributed by atoms with Crippen LogP contribution in [-0.2, 0) is 0 Å². The van der Waals surface area contributed by atoms with Crippen LogP contribution in [0.3, 0.4) is 0 Å². The number of hydrogen-bond donors (Lipinski definition) is 1. The molecule has 0 aromatic heterocycles. The molecule has 0 aromatic rings. The average Bonchev–Trinajstić information content (AvgIpc) is 2.45. The molecule has 19 heavy (non-hydrogen) atoms. The highest BCUT2D eigenvalue weighted by Crippen LogP contribution is 2.41. The maximum absolute atomic E-state index is 3.55. The molecule has 2 aliphatic heterocycles. The van der Waals surface area contributed by atoms with E-state index in [0.717, 1.165) is 30.1 Å². The fraction of sp³-hybridized carbons (Fsp3) is 1.00. The highest BCUT2D eigenvalue weighted by Gasteiger charge is 2.43. The van der Waals surface area contributed by atoms with Gasteiger partial charge in [0.1, 0.15) is 0 Å². The molecule has 2 heteroatoms. The van der Waals surface area contributed by atoms with Gasteiger partial charge in [-0.25, -0.2) is 0 Å². The van der Waals surface area contributed by atoms with Crippen molar-refractivity contribution in [1.82, 2.24) is 10.2 Å². The topological polar surface area (TPSA) is 15.3 Å². The Morgan fingerprint density at radius 2 is 1.63 bits per heavy atom. The third-order valence-corrected chi connectivity index (χ3v) is 6.22. The van der Waals surface area contributed by atoms with Crippen LogP contribution in [0.15, 0.2) is 0 Å². The number of piperidine rings is 2. The number of rotatable bonds is 3. The van der Waals surface area contributed by atoms with E-state index in [2.05, 4.69) is 24.2 Å². The highest BCUT2D eigenvalue weighted by atomic mass is 15.2. The summed E-state index contributed by atoms with van der Waals surface area (Å²) in [5.41, 5.74) is 0. The lowest BCUT2D eigenvalue weighted by atomic mass is 9.75. The van der Waals surface area contributed by atoms with Crippen molar-refractivity contribution in [1.29, 1.82) is 0 Å². The SMILES string of the molecule is CCC1CCCCC1N1C2CCCC1CC(NC)C2. The Balaban J connectivity index is 1.75. The van der Waals surface area contributed by atoms with E-state index in [1.165, 1.54) is 64.2 Å². The second kappa shape index (κ2) is 6.13. The van der Waals surface area contributed by atoms with Crippen LogP contribution in [0, 0.1) is 5.92 Å². The molecule has 0 radical (unpaired) electrons. The molecule has 0 aromatic carbocycles. The van der Waals surface area contributed by atoms with Gasteiger partial charge in [-0.3, -0.25) is 4.90 Å². The van der Waals surface area contributed by atoms with Crippen LogP contribution < -0.4 is 5.32 Å². The Morgan fingerprint density at radius 1 is 0.947 bits per heavy atom. The predicted molar refractivity (Wildman–Crippen MR) is 81.4 cm³/mol. The van der Waals surface area contributed by atoms with E-state index >= 15 is 0 Å². The molecule has 3 rings (SSSR count). The quantitative estimate of drug-likeness (QED) is 0.838. The monoisotopic (exact) mass is 264 g/mol. The van der Waals surface area contributed by atoms with Gasteiger partial charge < -0.3 is 5.32 Å². The van der Waals surface area contributed by atoms with Crippen LogP contribution in [-0.4, -0.2) is 36.1 Å². The van der Waals surface area contributed by atoms with Crippen LogP contribution in [0.25, 0.3) is 0 Å². The molecular formula is C17H32N2. The maximum atomic E-state index is 3.55. The maximum Gasteiger partial charge on any atom is 0.0129 e. The molecule has 2 heterocycles. The molecule has 2 nitrogen and oxygen atoms in total. The largest absolute Gasteiger partial charge is 0.317 e. The van der Waals surface area contributed by atoms with Gasteiger partial charge >= 0.3 is 0 Å². The van der Waals surface area contributed by atoms with Crippen molar-refractivity contribution in [2.24, 2.45) is 5.92 Å². The standard InChI is InChI=1S/C17H32N2/c1-3-13-7-4-5-10-17(13)19-15-8-6-9-16(19)12-14(11-15)18-2/h13-18H,3-12H2,1-2H3. The summed E-state index contributed by atoms with van der Waals surface area (Å²) in [7, 11) is 2.16. The number of nitrogens with one attached hydrogen (secondary N) is 1. The van der Waals surface area contributed by atoms with Crippen LogP contribution in [0.2, 0.25) is 0 Å². The zero-order valence-electron chi connectivity index (χ0n) is 12.9. The minimum absolute atomic E-state index is 0.787. The van der Waals surface area contributed by atoms with Gasteiger partial charge in [0.05, 0.1) is 0 Å². The van der Waals surface area contributed by atoms with Crippen molar-refractivity contribution in [3.8, 4) is 0 Å². The first-order valence-electron chi connectivity index (χ1n) is 8.78. The first kappa shape index (κ1) is 13.9. The minimum atomic E-state index is 0.787. The van der Waals surface area contributed by atoms with E-state index in [9.17, 15) is 0 Å². The van der Waals surface area contributed by atoms with Crippen molar-refractivity contribution in [2.45, 2.75) is 95.3 Å². The fourth-order valence-electron chi connectivity index (χ4n) is 5.25. The molecule has 4 atom stereocenters. The lowest BCUT2D eigenvalue weighted by Crippen LogP contribution is -2.61. The Bertz CT molecular complexity index is 277. The Labute approximate surface area is 119 Å². The van der Waals surface area contributed by atoms with Crippen LogP contribution in [0.1, 0.15) is 71.1 Å². The lowest BCUT2D eigenvalue weighted by Gasteiger charge is -2.55. The Morgan fingerprint density at radius 3 is 2.26 bits per heavy atom. The summed E-state index contributed by atoms with van der Waals surface area (Å²) in [5.74, 6) is 0.989. The molecule has 3 fully saturated rings. The van der Waals surface area contributed by atoms with Gasteiger partial charge in [-0.1, -0.05) is 32.6 Å². The van der Waals surface area contributed by atoms with E-state index in [-0.39, 0.29) is 0 Å². The van der Waals surface area contributed by atoms with Crippen molar-refractivity contribution in [3.05, 3.63) is 0 Å². The first-order valence-corrected chi connectivity index (χ1v) is 8.78. The van der Waals surface area contributed by atoms with Crippen LogP contribution in [0.4, 0.5) is 0 Å². The van der Waals surface area contributed by atoms with E-state index < -0.39 is 0 Å². The summed E-state index contributed by atoms with van der Waals surface area (Å²) in [6.45, 7) is 2.42. The van der Waals surface area contributed by atoms with Gasteiger partial charge in [0.25, 0.3) is 0 Å². The molecule has 1 N–H and O–H groups in total. The number of fused-ring (bicyclic) bond motifs is 2. The van der Waals surface area contributed by atoms with Crippen molar-refractivity contribution >= 4 is 0 Å². The molecule has 1 aliphatic carbocycles. The summed E-state index contributed by atoms with van der Waals surface area (Å²) in [4.78, 5) is 3.02. The van der Waals surface area contributed by atoms with E-state index in [0.29, 0.717) is 0 Å². The molecule has 110 valence electrons. The molecule has 2 bridgehead atoms. The minimum Gasteiger partial charge on any atom is -0.317 e. The highest BCUT2D eigenvalue weighted by molar-refractivity contribution is 4.99. The Kier molecular flexibility index (Phi) is 4.48. The summed E-state index contributed by atoms with van der Waals surface area (Å²) in [6, 6.07) is 3.49. The zero-order chi connectivity index (χ0) is 13.2. The average molecular weight is 264 g/mol. The molecule has 1 saturated carbocycles. The summed E-state index contributed by atoms with van der Waals surface area (Å²) >= 11 is 0. The van der Waals surface area contributed by atoms with Gasteiger partial charge in [-0.2, -0.15) is 0 Å². The first-order chi connectivity index (χ1) is 9.33. The van der Waals surface area contributed by atoms with Gasteiger partial charge in [-0.05, 0) is 51.5 Å². The van der Waals surface area contributed by atoms with Gasteiger partial charge in [0.2, 0.25) is 0 Å². The summed E-state index contributed by atoms with van der Waals surface area (Å²) in [5, 5.41) is 3.55. The normalized spacial score (nSPS) is 44.2. The third-order valence-electron chi connectivity index (χ3n) is 6.22. The summed E-state index contributed by atoms with van der Waals surface area (Å²) in [6.07, 6.45) is 14.5. The predicted octanol–water partition coefficient (Wildman–Crippen LogP) is 3.56. The van der Waals surface area contributed by atoms with Crippen molar-refractivity contribution in [2.75, 3.05) is 7.05 Å². The van der Waals surface area contributed by atoms with Crippen LogP contribution >= 0.6 is 0 Å². The second-order valence-corrected chi connectivity index (χ2v) is 7.16. The molecule has 2 saturated heterocycles. The number of hydrogen-bond acceptors (Lipinski definition) is 2. The summed E-state index contributed by atoms with van der Waals surface area (Å²) < 4.78 is 0. The third kappa shape index (κ3) is 2.71. The molecule has 3 aliphatic rings. The van der Waals surface area contributed by atoms with E-state index in [1.54, 1.807) is 0 Å². The lowest BCUT2D eigenvalue weighted by molar-refractivity contribution is -0.0419. The van der Waals surface area contributed by atoms with E-state index in [1.807, 2.05) is 0 Å². The van der Waals surface area contributed by atoms with Gasteiger partial charge in [0.15, 0.2) is 0 Å². The molecular weight excluding hydrogens is 232 g/mol. The van der Waals surface area contributed by atoms with Gasteiger partial charge in [0, 0.05) is 24.2 Å². The van der Waals surface area contributed by atoms with E-state index in [4.69, 9.17) is 0 Å². The fourth-order valence-corrected chi connectivity index (χ4v) is 5.25. The smallest absolute Gasteiger partial charge is 0.0129 e. The van der Waals surface area contributed by atoms with Crippen molar-refractivity contribution in [3.63, 3.8) is 0 Å². The Hall–Kier alpha value is -0.0800. The van der Waals surface area contributed by atoms with Crippen molar-refractivity contribution < 1.29 is 0 Å². The second-order valence-electron chi connectivity index (χ2n) is 7.16. The zero-order valence-corrected chi connectivity index (χ0v) is 12.9. The molecule has 0 spiro atoms. The molecule has 0 amide bonds. The number of nitrogens with zero attached hydrogens (tertiary/aromatic N) is 1. The van der Waals surface area contributed by atoms with Crippen LogP contribution in [0.5, 0.6) is 0 Å². The molecule has 4 unspecified atom stereocenters. The van der Waals surface area contributed by atoms with Gasteiger partial charge in [-0.15, -0.1) is 0 Å².